The monoisotopic (exact) mass is 98.0 g/mol. The van der Waals surface area contributed by atoms with Crippen LogP contribution in [0.5, 0.6) is 0 Å². The lowest BCUT2D eigenvalue weighted by molar-refractivity contribution is 0.881. The van der Waals surface area contributed by atoms with Crippen LogP contribution in [-0.4, -0.2) is 20.6 Å². The van der Waals surface area contributed by atoms with Gasteiger partial charge in [-0.1, -0.05) is 0 Å². The first-order chi connectivity index (χ1) is 3.50. The number of hydrogen-bond acceptors (Lipinski definition) is 5. The van der Waals surface area contributed by atoms with Gasteiger partial charge in [0.25, 0.3) is 0 Å². The lowest BCUT2D eigenvalue weighted by Gasteiger charge is -1.42. The largest absolute Gasteiger partial charge is 0.246 e. The van der Waals surface area contributed by atoms with Crippen LogP contribution in [0.2, 0.25) is 0 Å². The number of nitrogens with one attached hydrogen (secondary N) is 1. The van der Waals surface area contributed by atoms with Gasteiger partial charge in [0.15, 0.2) is 0 Å². The predicted octanol–water partition coefficient (Wildman–Crippen LogP) is -0.770. The number of H-pyrrole nitrogens is 1. The maximum Gasteiger partial charge on any atom is 0.135 e. The van der Waals surface area contributed by atoms with E-state index in [1.165, 1.54) is 6.33 Å². The van der Waals surface area contributed by atoms with E-state index in [9.17, 15) is 0 Å². The summed E-state index contributed by atoms with van der Waals surface area (Å²) < 4.78 is 0. The summed E-state index contributed by atoms with van der Waals surface area (Å²) in [5.41, 5.74) is 0. The van der Waals surface area contributed by atoms with E-state index < -0.39 is 0 Å². The van der Waals surface area contributed by atoms with Crippen molar-refractivity contribution in [2.45, 2.75) is 0 Å². The molecule has 6 nitrogen and oxygen atoms in total. The first-order valence-electron chi connectivity index (χ1n) is 1.37. The third-order valence-corrected chi connectivity index (χ3v) is 0.270. The molecule has 0 aliphatic rings. The van der Waals surface area contributed by atoms with Crippen molar-refractivity contribution >= 4 is 0 Å². The Balaban J connectivity index is 0.000000162. The summed E-state index contributed by atoms with van der Waals surface area (Å²) in [4.78, 5) is 0. The van der Waals surface area contributed by atoms with Crippen molar-refractivity contribution in [1.29, 1.82) is 10.8 Å². The van der Waals surface area contributed by atoms with E-state index in [2.05, 4.69) is 20.6 Å². The number of nitrogens with zero attached hydrogens (tertiary/aromatic N) is 5. The summed E-state index contributed by atoms with van der Waals surface area (Å²) >= 11 is 0. The topological polar surface area (TPSA) is 102 Å². The van der Waals surface area contributed by atoms with Crippen LogP contribution in [0.4, 0.5) is 0 Å². The standard InChI is InChI=1S/CH2N4.N2/c1-2-4-5-3-1;1-2/h1H,(H,2,3,4,5);. The van der Waals surface area contributed by atoms with Gasteiger partial charge in [-0.15, -0.1) is 5.10 Å². The zero-order chi connectivity index (χ0) is 5.54. The third kappa shape index (κ3) is 2.29. The highest BCUT2D eigenvalue weighted by molar-refractivity contribution is 4.24. The summed E-state index contributed by atoms with van der Waals surface area (Å²) in [6, 6.07) is 0. The molecule has 7 heavy (non-hydrogen) atoms. The molecule has 0 spiro atoms. The van der Waals surface area contributed by atoms with E-state index in [1.54, 1.807) is 0 Å². The average Bonchev–Trinajstić information content (AvgIpc) is 2.23. The van der Waals surface area contributed by atoms with Crippen molar-refractivity contribution in [3.8, 4) is 0 Å². The first-order valence-corrected chi connectivity index (χ1v) is 1.37. The van der Waals surface area contributed by atoms with Crippen molar-refractivity contribution in [3.63, 3.8) is 0 Å². The Hall–Kier alpha value is -1.51. The molecule has 0 amide bonds. The SMILES string of the molecule is N#N.c1nnn[nH]1. The fraction of sp³-hybridized carbons (Fsp3) is 0. The van der Waals surface area contributed by atoms with Crippen molar-refractivity contribution in [2.24, 2.45) is 0 Å². The molecule has 1 heterocycles. The summed E-state index contributed by atoms with van der Waals surface area (Å²) in [7, 11) is 0. The van der Waals surface area contributed by atoms with Gasteiger partial charge in [-0.25, -0.2) is 5.10 Å². The minimum absolute atomic E-state index is 1.40. The van der Waals surface area contributed by atoms with E-state index in [0.717, 1.165) is 0 Å². The highest BCUT2D eigenvalue weighted by atomic mass is 15.5. The molecule has 1 rings (SSSR count). The zero-order valence-electron chi connectivity index (χ0n) is 3.31. The van der Waals surface area contributed by atoms with Crippen LogP contribution >= 0.6 is 0 Å². The highest BCUT2D eigenvalue weighted by Gasteiger charge is 1.58. The van der Waals surface area contributed by atoms with Gasteiger partial charge >= 0.3 is 0 Å². The lowest BCUT2D eigenvalue weighted by Crippen LogP contribution is -1.64. The van der Waals surface area contributed by atoms with Gasteiger partial charge < -0.3 is 0 Å². The smallest absolute Gasteiger partial charge is 0.135 e. The molecule has 1 aromatic rings. The molecule has 0 fully saturated rings. The Labute approximate surface area is 39.0 Å². The Bertz CT molecular complexity index is 87.8. The third-order valence-electron chi connectivity index (χ3n) is 0.270. The quantitative estimate of drug-likeness (QED) is 0.429. The molecule has 0 aliphatic heterocycles. The molecule has 0 radical (unpaired) electrons. The molecule has 0 saturated heterocycles. The van der Waals surface area contributed by atoms with Crippen LogP contribution in [-0.2, 0) is 0 Å². The van der Waals surface area contributed by atoms with Gasteiger partial charge in [0, 0.05) is 10.8 Å². The molecule has 36 valence electrons. The Morgan fingerprint density at radius 2 is 2.14 bits per heavy atom. The average molecular weight is 98.1 g/mol. The van der Waals surface area contributed by atoms with E-state index in [1.807, 2.05) is 0 Å². The van der Waals surface area contributed by atoms with Gasteiger partial charge in [0.2, 0.25) is 0 Å². The molecule has 1 N–H and O–H groups in total. The fourth-order valence-electron chi connectivity index (χ4n) is 0.129. The van der Waals surface area contributed by atoms with Gasteiger partial charge in [-0.3, -0.25) is 0 Å². The number of tetrazole rings is 1. The molecule has 1 aromatic heterocycles. The second kappa shape index (κ2) is 4.49. The Kier molecular flexibility index (Phi) is 3.52. The molecule has 0 aliphatic carbocycles. The van der Waals surface area contributed by atoms with E-state index in [4.69, 9.17) is 10.8 Å². The van der Waals surface area contributed by atoms with Crippen LogP contribution < -0.4 is 0 Å². The van der Waals surface area contributed by atoms with Crippen molar-refractivity contribution in [2.75, 3.05) is 0 Å². The molecule has 0 bridgehead atoms. The molecular formula is CH2N6. The minimum Gasteiger partial charge on any atom is -0.246 e. The molecule has 0 unspecified atom stereocenters. The van der Waals surface area contributed by atoms with Gasteiger partial charge in [-0.2, -0.15) is 0 Å². The van der Waals surface area contributed by atoms with E-state index >= 15 is 0 Å². The van der Waals surface area contributed by atoms with Crippen LogP contribution in [0, 0.1) is 10.8 Å². The predicted molar refractivity (Wildman–Crippen MR) is 17.6 cm³/mol. The molecule has 0 aromatic carbocycles. The van der Waals surface area contributed by atoms with E-state index in [-0.39, 0.29) is 0 Å². The van der Waals surface area contributed by atoms with E-state index in [0.29, 0.717) is 0 Å². The summed E-state index contributed by atoms with van der Waals surface area (Å²) in [5.74, 6) is 0. The number of hydrogen-bond donors (Lipinski definition) is 1. The van der Waals surface area contributed by atoms with Gasteiger partial charge in [-0.05, 0) is 10.4 Å². The molecular weight excluding hydrogens is 96.1 g/mol. The Morgan fingerprint density at radius 1 is 1.43 bits per heavy atom. The van der Waals surface area contributed by atoms with Gasteiger partial charge in [0.05, 0.1) is 0 Å². The normalized spacial score (nSPS) is 6.00. The Morgan fingerprint density at radius 3 is 2.29 bits per heavy atom. The van der Waals surface area contributed by atoms with Crippen LogP contribution in [0.25, 0.3) is 0 Å². The minimum atomic E-state index is 1.40. The zero-order valence-corrected chi connectivity index (χ0v) is 3.31. The fourth-order valence-corrected chi connectivity index (χ4v) is 0.129. The molecule has 0 saturated carbocycles. The number of aromatic nitrogens is 4. The van der Waals surface area contributed by atoms with Crippen LogP contribution in [0.1, 0.15) is 0 Å². The summed E-state index contributed by atoms with van der Waals surface area (Å²) in [5, 5.41) is 24.1. The van der Waals surface area contributed by atoms with Crippen molar-refractivity contribution in [3.05, 3.63) is 6.33 Å². The van der Waals surface area contributed by atoms with Crippen molar-refractivity contribution < 1.29 is 0 Å². The maximum absolute atomic E-state index is 6.00. The first kappa shape index (κ1) is 5.49. The van der Waals surface area contributed by atoms with Gasteiger partial charge in [0.1, 0.15) is 6.33 Å². The van der Waals surface area contributed by atoms with Crippen LogP contribution in [0.15, 0.2) is 6.33 Å². The van der Waals surface area contributed by atoms with Crippen LogP contribution in [0.3, 0.4) is 0 Å². The van der Waals surface area contributed by atoms with Crippen molar-refractivity contribution in [1.82, 2.24) is 20.6 Å². The highest BCUT2D eigenvalue weighted by Crippen LogP contribution is 1.43. The number of rotatable bonds is 0. The molecule has 0 atom stereocenters. The second-order valence-electron chi connectivity index (χ2n) is 0.563. The maximum atomic E-state index is 6.00. The molecule has 6 heteroatoms. The summed E-state index contributed by atoms with van der Waals surface area (Å²) in [6.45, 7) is 0. The number of aromatic amines is 1. The lowest BCUT2D eigenvalue weighted by atomic mass is 11.4. The second-order valence-corrected chi connectivity index (χ2v) is 0.563. The summed E-state index contributed by atoms with van der Waals surface area (Å²) in [6.07, 6.45) is 1.40.